The van der Waals surface area contributed by atoms with Crippen molar-refractivity contribution in [3.05, 3.63) is 76.0 Å². The van der Waals surface area contributed by atoms with Crippen molar-refractivity contribution in [2.75, 3.05) is 0 Å². The number of carbonyl (C=O) groups is 1. The van der Waals surface area contributed by atoms with Crippen molar-refractivity contribution < 1.29 is 4.79 Å². The Labute approximate surface area is 124 Å². The monoisotopic (exact) mass is 324 g/mol. The van der Waals surface area contributed by atoms with Crippen molar-refractivity contribution in [1.29, 1.82) is 5.26 Å². The van der Waals surface area contributed by atoms with E-state index in [0.29, 0.717) is 16.8 Å². The van der Waals surface area contributed by atoms with Crippen LogP contribution >= 0.6 is 15.9 Å². The second kappa shape index (κ2) is 4.95. The molecule has 2 aromatic heterocycles. The maximum absolute atomic E-state index is 12.6. The summed E-state index contributed by atoms with van der Waals surface area (Å²) in [5.74, 6) is -0.0970. The third-order valence-electron chi connectivity index (χ3n) is 3.14. The number of rotatable bonds is 2. The number of hydrogen-bond donors (Lipinski definition) is 0. The molecule has 0 spiro atoms. The van der Waals surface area contributed by atoms with Crippen LogP contribution in [0, 0.1) is 11.3 Å². The van der Waals surface area contributed by atoms with E-state index >= 15 is 0 Å². The number of hydrogen-bond acceptors (Lipinski definition) is 2. The van der Waals surface area contributed by atoms with Gasteiger partial charge in [-0.2, -0.15) is 5.26 Å². The summed E-state index contributed by atoms with van der Waals surface area (Å²) in [6.07, 6.45) is 1.79. The van der Waals surface area contributed by atoms with Crippen molar-refractivity contribution >= 4 is 27.2 Å². The van der Waals surface area contributed by atoms with Crippen molar-refractivity contribution in [1.82, 2.24) is 4.40 Å². The van der Waals surface area contributed by atoms with Crippen LogP contribution in [0.3, 0.4) is 0 Å². The average Bonchev–Trinajstić information content (AvgIpc) is 2.86. The molecule has 20 heavy (non-hydrogen) atoms. The topological polar surface area (TPSA) is 45.3 Å². The first kappa shape index (κ1) is 12.6. The highest BCUT2D eigenvalue weighted by atomic mass is 79.9. The van der Waals surface area contributed by atoms with Gasteiger partial charge in [0.1, 0.15) is 6.07 Å². The predicted molar refractivity (Wildman–Crippen MR) is 79.7 cm³/mol. The highest BCUT2D eigenvalue weighted by molar-refractivity contribution is 9.10. The number of aromatic nitrogens is 1. The van der Waals surface area contributed by atoms with Gasteiger partial charge in [-0.15, -0.1) is 0 Å². The van der Waals surface area contributed by atoms with Crippen LogP contribution in [-0.4, -0.2) is 10.2 Å². The zero-order chi connectivity index (χ0) is 14.1. The maximum atomic E-state index is 12.6. The van der Waals surface area contributed by atoms with Crippen LogP contribution in [0.2, 0.25) is 0 Å². The van der Waals surface area contributed by atoms with Gasteiger partial charge in [0, 0.05) is 16.2 Å². The molecule has 0 aliphatic heterocycles. The summed E-state index contributed by atoms with van der Waals surface area (Å²) in [4.78, 5) is 12.6. The third-order valence-corrected chi connectivity index (χ3v) is 3.66. The number of halogens is 1. The lowest BCUT2D eigenvalue weighted by Gasteiger charge is -2.02. The van der Waals surface area contributed by atoms with E-state index in [2.05, 4.69) is 22.0 Å². The number of benzene rings is 1. The maximum Gasteiger partial charge on any atom is 0.209 e. The van der Waals surface area contributed by atoms with E-state index in [9.17, 15) is 4.79 Å². The van der Waals surface area contributed by atoms with E-state index in [1.807, 2.05) is 30.3 Å². The second-order valence-corrected chi connectivity index (χ2v) is 5.26. The van der Waals surface area contributed by atoms with E-state index in [1.54, 1.807) is 28.8 Å². The number of fused-ring (bicyclic) bond motifs is 1. The summed E-state index contributed by atoms with van der Waals surface area (Å²) in [5.41, 5.74) is 2.35. The summed E-state index contributed by atoms with van der Waals surface area (Å²) in [7, 11) is 0. The average molecular weight is 325 g/mol. The largest absolute Gasteiger partial charge is 0.312 e. The van der Waals surface area contributed by atoms with Crippen molar-refractivity contribution in [3.8, 4) is 6.07 Å². The predicted octanol–water partition coefficient (Wildman–Crippen LogP) is 3.80. The van der Waals surface area contributed by atoms with E-state index in [4.69, 9.17) is 5.26 Å². The van der Waals surface area contributed by atoms with Crippen LogP contribution in [-0.2, 0) is 0 Å². The molecule has 0 bridgehead atoms. The number of nitriles is 1. The smallest absolute Gasteiger partial charge is 0.209 e. The van der Waals surface area contributed by atoms with Gasteiger partial charge in [0.25, 0.3) is 0 Å². The molecule has 0 aliphatic carbocycles. The lowest BCUT2D eigenvalue weighted by Crippen LogP contribution is -2.04. The van der Waals surface area contributed by atoms with Crippen LogP contribution in [0.1, 0.15) is 21.6 Å². The van der Waals surface area contributed by atoms with Gasteiger partial charge in [0.2, 0.25) is 5.78 Å². The lowest BCUT2D eigenvalue weighted by molar-refractivity contribution is 0.103. The minimum Gasteiger partial charge on any atom is -0.312 e. The molecule has 0 aliphatic rings. The lowest BCUT2D eigenvalue weighted by atomic mass is 10.1. The molecule has 96 valence electrons. The number of ketones is 1. The molecule has 0 atom stereocenters. The molecular formula is C16H9BrN2O. The number of pyridine rings is 1. The standard InChI is InChI=1S/C16H9BrN2O/c17-13-6-4-11(5-7-13)16(20)15-9-12(10-18)14-3-1-2-8-19(14)15/h1-9H. The zero-order valence-electron chi connectivity index (χ0n) is 10.4. The summed E-state index contributed by atoms with van der Waals surface area (Å²) in [6.45, 7) is 0. The molecule has 3 aromatic rings. The van der Waals surface area contributed by atoms with Gasteiger partial charge in [-0.05, 0) is 42.5 Å². The minimum absolute atomic E-state index is 0.0970. The van der Waals surface area contributed by atoms with Gasteiger partial charge >= 0.3 is 0 Å². The molecule has 0 N–H and O–H groups in total. The zero-order valence-corrected chi connectivity index (χ0v) is 12.0. The summed E-state index contributed by atoms with van der Waals surface area (Å²) >= 11 is 3.35. The number of nitrogens with zero attached hydrogens (tertiary/aromatic N) is 2. The van der Waals surface area contributed by atoms with Crippen LogP contribution < -0.4 is 0 Å². The van der Waals surface area contributed by atoms with E-state index < -0.39 is 0 Å². The Morgan fingerprint density at radius 3 is 2.60 bits per heavy atom. The summed E-state index contributed by atoms with van der Waals surface area (Å²) in [5, 5.41) is 9.16. The first-order chi connectivity index (χ1) is 9.70. The Kier molecular flexibility index (Phi) is 3.13. The van der Waals surface area contributed by atoms with Gasteiger partial charge in [0.15, 0.2) is 0 Å². The van der Waals surface area contributed by atoms with E-state index in [-0.39, 0.29) is 5.78 Å². The molecule has 1 aromatic carbocycles. The van der Waals surface area contributed by atoms with Gasteiger partial charge < -0.3 is 4.40 Å². The SMILES string of the molecule is N#Cc1cc(C(=O)c2ccc(Br)cc2)n2ccccc12. The fourth-order valence-electron chi connectivity index (χ4n) is 2.17. The molecule has 0 radical (unpaired) electrons. The van der Waals surface area contributed by atoms with Crippen LogP contribution in [0.15, 0.2) is 59.2 Å². The Morgan fingerprint density at radius 2 is 1.90 bits per heavy atom. The normalized spacial score (nSPS) is 10.4. The number of carbonyl (C=O) groups excluding carboxylic acids is 1. The van der Waals surface area contributed by atoms with Crippen LogP contribution in [0.4, 0.5) is 0 Å². The van der Waals surface area contributed by atoms with Gasteiger partial charge in [-0.1, -0.05) is 22.0 Å². The third kappa shape index (κ3) is 2.02. The Hall–Kier alpha value is -2.38. The van der Waals surface area contributed by atoms with Crippen molar-refractivity contribution in [2.24, 2.45) is 0 Å². The van der Waals surface area contributed by atoms with Crippen molar-refractivity contribution in [3.63, 3.8) is 0 Å². The van der Waals surface area contributed by atoms with E-state index in [0.717, 1.165) is 9.99 Å². The summed E-state index contributed by atoms with van der Waals surface area (Å²) in [6, 6.07) is 16.5. The molecule has 0 saturated carbocycles. The van der Waals surface area contributed by atoms with Gasteiger partial charge in [-0.3, -0.25) is 4.79 Å². The van der Waals surface area contributed by atoms with Crippen LogP contribution in [0.5, 0.6) is 0 Å². The van der Waals surface area contributed by atoms with Crippen molar-refractivity contribution in [2.45, 2.75) is 0 Å². The first-order valence-electron chi connectivity index (χ1n) is 6.01. The highest BCUT2D eigenvalue weighted by Gasteiger charge is 2.16. The molecule has 0 amide bonds. The van der Waals surface area contributed by atoms with E-state index in [1.165, 1.54) is 0 Å². The molecule has 0 saturated heterocycles. The highest BCUT2D eigenvalue weighted by Crippen LogP contribution is 2.20. The molecule has 2 heterocycles. The molecular weight excluding hydrogens is 316 g/mol. The van der Waals surface area contributed by atoms with Crippen LogP contribution in [0.25, 0.3) is 5.52 Å². The molecule has 3 rings (SSSR count). The fourth-order valence-corrected chi connectivity index (χ4v) is 2.43. The quantitative estimate of drug-likeness (QED) is 0.673. The Balaban J connectivity index is 2.17. The molecule has 0 fully saturated rings. The van der Waals surface area contributed by atoms with Gasteiger partial charge in [0.05, 0.1) is 16.8 Å². The second-order valence-electron chi connectivity index (χ2n) is 4.35. The molecule has 0 unspecified atom stereocenters. The summed E-state index contributed by atoms with van der Waals surface area (Å²) < 4.78 is 2.68. The Bertz CT molecular complexity index is 841. The Morgan fingerprint density at radius 1 is 1.15 bits per heavy atom. The van der Waals surface area contributed by atoms with Gasteiger partial charge in [-0.25, -0.2) is 0 Å². The minimum atomic E-state index is -0.0970. The first-order valence-corrected chi connectivity index (χ1v) is 6.80. The fraction of sp³-hybridized carbons (Fsp3) is 0. The molecule has 4 heteroatoms. The molecule has 3 nitrogen and oxygen atoms in total.